The normalized spacial score (nSPS) is 14.7. The highest BCUT2D eigenvalue weighted by molar-refractivity contribution is 5.93. The van der Waals surface area contributed by atoms with Gasteiger partial charge in [0, 0.05) is 31.3 Å². The van der Waals surface area contributed by atoms with Crippen molar-refractivity contribution in [2.24, 2.45) is 11.7 Å². The van der Waals surface area contributed by atoms with Crippen LogP contribution in [0.2, 0.25) is 0 Å². The molecule has 0 saturated carbocycles. The molecule has 1 saturated heterocycles. The van der Waals surface area contributed by atoms with E-state index in [9.17, 15) is 9.59 Å². The molecule has 0 unspecified atom stereocenters. The Labute approximate surface area is 195 Å². The van der Waals surface area contributed by atoms with Crippen LogP contribution >= 0.6 is 0 Å². The van der Waals surface area contributed by atoms with E-state index in [1.54, 1.807) is 24.1 Å². The number of primary amides is 1. The first-order valence-corrected chi connectivity index (χ1v) is 11.3. The van der Waals surface area contributed by atoms with E-state index in [2.05, 4.69) is 0 Å². The van der Waals surface area contributed by atoms with Crippen LogP contribution in [0.5, 0.6) is 5.75 Å². The molecule has 1 aliphatic rings. The number of methoxy groups -OCH3 is 1. The molecule has 0 radical (unpaired) electrons. The van der Waals surface area contributed by atoms with Crippen molar-refractivity contribution >= 4 is 12.0 Å². The summed E-state index contributed by atoms with van der Waals surface area (Å²) in [5.41, 5.74) is 8.28. The van der Waals surface area contributed by atoms with Crippen molar-refractivity contribution in [3.8, 4) is 16.9 Å². The summed E-state index contributed by atoms with van der Waals surface area (Å²) in [4.78, 5) is 25.3. The molecule has 2 aromatic rings. The molecule has 7 nitrogen and oxygen atoms in total. The molecule has 1 heterocycles. The first-order chi connectivity index (χ1) is 15.7. The van der Waals surface area contributed by atoms with Gasteiger partial charge in [-0.2, -0.15) is 0 Å². The summed E-state index contributed by atoms with van der Waals surface area (Å²) in [5, 5.41) is 0. The molecule has 33 heavy (non-hydrogen) atoms. The smallest absolute Gasteiger partial charge is 0.410 e. The molecule has 0 atom stereocenters. The first-order valence-electron chi connectivity index (χ1n) is 11.3. The fraction of sp³-hybridized carbons (Fsp3) is 0.462. The molecule has 0 bridgehead atoms. The van der Waals surface area contributed by atoms with E-state index in [1.165, 1.54) is 0 Å². The highest BCUT2D eigenvalue weighted by Gasteiger charge is 2.27. The van der Waals surface area contributed by atoms with Gasteiger partial charge in [-0.15, -0.1) is 0 Å². The second-order valence-corrected chi connectivity index (χ2v) is 9.42. The number of amides is 2. The summed E-state index contributed by atoms with van der Waals surface area (Å²) in [6, 6.07) is 13.2. The molecule has 3 rings (SSSR count). The summed E-state index contributed by atoms with van der Waals surface area (Å²) in [6.07, 6.45) is 1.51. The van der Waals surface area contributed by atoms with Crippen LogP contribution in [0.3, 0.4) is 0 Å². The number of likely N-dealkylation sites (tertiary alicyclic amines) is 1. The Balaban J connectivity index is 1.60. The Kier molecular flexibility index (Phi) is 7.97. The lowest BCUT2D eigenvalue weighted by Gasteiger charge is -2.33. The fourth-order valence-corrected chi connectivity index (χ4v) is 3.81. The third-order valence-electron chi connectivity index (χ3n) is 5.60. The SMILES string of the molecule is COCc1cc(-c2ccc(C(N)=O)cc2)ccc1OCC1CCN(C(=O)OC(C)(C)C)CC1. The average Bonchev–Trinajstić information content (AvgIpc) is 2.77. The lowest BCUT2D eigenvalue weighted by Crippen LogP contribution is -2.42. The minimum absolute atomic E-state index is 0.247. The second kappa shape index (κ2) is 10.7. The summed E-state index contributed by atoms with van der Waals surface area (Å²) < 4.78 is 17.0. The third kappa shape index (κ3) is 6.96. The zero-order valence-corrected chi connectivity index (χ0v) is 19.9. The van der Waals surface area contributed by atoms with Gasteiger partial charge in [0.25, 0.3) is 0 Å². The molecule has 1 fully saturated rings. The van der Waals surface area contributed by atoms with E-state index >= 15 is 0 Å². The maximum Gasteiger partial charge on any atom is 0.410 e. The van der Waals surface area contributed by atoms with Crippen molar-refractivity contribution in [1.29, 1.82) is 0 Å². The number of hydrogen-bond donors (Lipinski definition) is 1. The van der Waals surface area contributed by atoms with Gasteiger partial charge in [0.05, 0.1) is 13.2 Å². The Hall–Kier alpha value is -3.06. The van der Waals surface area contributed by atoms with Gasteiger partial charge in [0.2, 0.25) is 5.91 Å². The van der Waals surface area contributed by atoms with Crippen molar-refractivity contribution in [3.63, 3.8) is 0 Å². The molecule has 0 aromatic heterocycles. The number of hydrogen-bond acceptors (Lipinski definition) is 5. The van der Waals surface area contributed by atoms with Gasteiger partial charge in [0.15, 0.2) is 0 Å². The number of carbonyl (C=O) groups is 2. The van der Waals surface area contributed by atoms with Gasteiger partial charge in [-0.3, -0.25) is 4.79 Å². The number of ether oxygens (including phenoxy) is 3. The number of nitrogens with zero attached hydrogens (tertiary/aromatic N) is 1. The van der Waals surface area contributed by atoms with E-state index < -0.39 is 11.5 Å². The lowest BCUT2D eigenvalue weighted by atomic mass is 9.98. The van der Waals surface area contributed by atoms with Crippen molar-refractivity contribution in [2.75, 3.05) is 26.8 Å². The van der Waals surface area contributed by atoms with Crippen LogP contribution in [0, 0.1) is 5.92 Å². The molecule has 7 heteroatoms. The average molecular weight is 455 g/mol. The van der Waals surface area contributed by atoms with E-state index in [0.29, 0.717) is 37.8 Å². The predicted octanol–water partition coefficient (Wildman–Crippen LogP) is 4.62. The van der Waals surface area contributed by atoms with Crippen LogP contribution < -0.4 is 10.5 Å². The topological polar surface area (TPSA) is 91.1 Å². The summed E-state index contributed by atoms with van der Waals surface area (Å²) in [5.74, 6) is 0.728. The van der Waals surface area contributed by atoms with Crippen LogP contribution in [0.1, 0.15) is 49.5 Å². The molecule has 2 N–H and O–H groups in total. The Morgan fingerprint density at radius 2 is 1.67 bits per heavy atom. The van der Waals surface area contributed by atoms with E-state index in [4.69, 9.17) is 19.9 Å². The zero-order valence-electron chi connectivity index (χ0n) is 19.9. The molecular formula is C26H34N2O5. The quantitative estimate of drug-likeness (QED) is 0.659. The van der Waals surface area contributed by atoms with Crippen molar-refractivity contribution in [1.82, 2.24) is 4.90 Å². The second-order valence-electron chi connectivity index (χ2n) is 9.42. The predicted molar refractivity (Wildman–Crippen MR) is 127 cm³/mol. The van der Waals surface area contributed by atoms with Crippen LogP contribution in [-0.4, -0.2) is 49.3 Å². The highest BCUT2D eigenvalue weighted by atomic mass is 16.6. The third-order valence-corrected chi connectivity index (χ3v) is 5.60. The molecule has 0 aliphatic carbocycles. The number of rotatable bonds is 7. The van der Waals surface area contributed by atoms with Crippen molar-refractivity contribution in [3.05, 3.63) is 53.6 Å². The maximum absolute atomic E-state index is 12.3. The minimum atomic E-state index is -0.481. The van der Waals surface area contributed by atoms with Gasteiger partial charge in [0.1, 0.15) is 11.4 Å². The Morgan fingerprint density at radius 1 is 1.03 bits per heavy atom. The maximum atomic E-state index is 12.3. The van der Waals surface area contributed by atoms with Gasteiger partial charge in [-0.25, -0.2) is 4.79 Å². The molecule has 178 valence electrons. The Morgan fingerprint density at radius 3 is 2.24 bits per heavy atom. The first kappa shape index (κ1) is 24.6. The van der Waals surface area contributed by atoms with Crippen LogP contribution in [0.25, 0.3) is 11.1 Å². The number of carbonyl (C=O) groups excluding carboxylic acids is 2. The molecule has 1 aliphatic heterocycles. The molecule has 0 spiro atoms. The van der Waals surface area contributed by atoms with Gasteiger partial charge < -0.3 is 24.8 Å². The lowest BCUT2D eigenvalue weighted by molar-refractivity contribution is 0.0164. The van der Waals surface area contributed by atoms with Gasteiger partial charge >= 0.3 is 6.09 Å². The van der Waals surface area contributed by atoms with Crippen LogP contribution in [-0.2, 0) is 16.1 Å². The monoisotopic (exact) mass is 454 g/mol. The molecular weight excluding hydrogens is 420 g/mol. The van der Waals surface area contributed by atoms with Gasteiger partial charge in [-0.1, -0.05) is 18.2 Å². The highest BCUT2D eigenvalue weighted by Crippen LogP contribution is 2.29. The van der Waals surface area contributed by atoms with Crippen LogP contribution in [0.15, 0.2) is 42.5 Å². The number of nitrogens with two attached hydrogens (primary N) is 1. The van der Waals surface area contributed by atoms with Gasteiger partial charge in [-0.05, 0) is 74.9 Å². The zero-order chi connectivity index (χ0) is 24.0. The van der Waals surface area contributed by atoms with E-state index in [1.807, 2.05) is 51.1 Å². The Bertz CT molecular complexity index is 958. The van der Waals surface area contributed by atoms with E-state index in [0.717, 1.165) is 35.3 Å². The molecule has 2 aromatic carbocycles. The minimum Gasteiger partial charge on any atom is -0.493 e. The van der Waals surface area contributed by atoms with Crippen molar-refractivity contribution in [2.45, 2.75) is 45.8 Å². The fourth-order valence-electron chi connectivity index (χ4n) is 3.81. The largest absolute Gasteiger partial charge is 0.493 e. The number of piperidine rings is 1. The summed E-state index contributed by atoms with van der Waals surface area (Å²) in [6.45, 7) is 8.01. The van der Waals surface area contributed by atoms with Crippen LogP contribution in [0.4, 0.5) is 4.79 Å². The molecule has 2 amide bonds. The summed E-state index contributed by atoms with van der Waals surface area (Å²) >= 11 is 0. The van der Waals surface area contributed by atoms with Crippen molar-refractivity contribution < 1.29 is 23.8 Å². The number of benzene rings is 2. The van der Waals surface area contributed by atoms with E-state index in [-0.39, 0.29) is 6.09 Å². The summed E-state index contributed by atoms with van der Waals surface area (Å²) in [7, 11) is 1.66. The standard InChI is InChI=1S/C26H34N2O5/c1-26(2,3)33-25(30)28-13-11-18(12-14-28)16-32-23-10-9-21(15-22(23)17-31-4)19-5-7-20(8-6-19)24(27)29/h5-10,15,18H,11-14,16-17H2,1-4H3,(H2,27,29).